The normalized spacial score (nSPS) is 10.7. The number of hydrogen-bond donors (Lipinski definition) is 0. The zero-order valence-corrected chi connectivity index (χ0v) is 12.1. The van der Waals surface area contributed by atoms with Crippen LogP contribution in [0.15, 0.2) is 64.2 Å². The molecule has 0 saturated carbocycles. The molecule has 0 N–H and O–H groups in total. The maximum Gasteiger partial charge on any atom is 0.277 e. The van der Waals surface area contributed by atoms with Crippen molar-refractivity contribution in [3.8, 4) is 11.5 Å². The zero-order valence-electron chi connectivity index (χ0n) is 10.5. The van der Waals surface area contributed by atoms with Gasteiger partial charge in [-0.3, -0.25) is 0 Å². The molecular weight excluding hydrogens is 292 g/mol. The molecule has 5 heteroatoms. The van der Waals surface area contributed by atoms with Gasteiger partial charge < -0.3 is 4.42 Å². The Morgan fingerprint density at radius 2 is 1.70 bits per heavy atom. The van der Waals surface area contributed by atoms with E-state index in [1.54, 1.807) is 6.07 Å². The van der Waals surface area contributed by atoms with Gasteiger partial charge >= 0.3 is 0 Å². The lowest BCUT2D eigenvalue weighted by molar-refractivity contribution is 0.466. The molecule has 0 radical (unpaired) electrons. The Morgan fingerprint density at radius 3 is 2.50 bits per heavy atom. The van der Waals surface area contributed by atoms with Gasteiger partial charge in [0.15, 0.2) is 0 Å². The number of halogens is 1. The molecule has 0 aliphatic rings. The summed E-state index contributed by atoms with van der Waals surface area (Å²) in [5, 5.41) is 9.23. The van der Waals surface area contributed by atoms with Crippen LogP contribution in [0.25, 0.3) is 11.5 Å². The monoisotopic (exact) mass is 302 g/mol. The highest BCUT2D eigenvalue weighted by Crippen LogP contribution is 2.29. The van der Waals surface area contributed by atoms with Crippen molar-refractivity contribution in [2.75, 3.05) is 0 Å². The van der Waals surface area contributed by atoms with Gasteiger partial charge in [-0.1, -0.05) is 65.8 Å². The number of thioether (sulfide) groups is 1. The largest absolute Gasteiger partial charge is 0.411 e. The van der Waals surface area contributed by atoms with Crippen molar-refractivity contribution >= 4 is 23.4 Å². The predicted molar refractivity (Wildman–Crippen MR) is 80.7 cm³/mol. The highest BCUT2D eigenvalue weighted by molar-refractivity contribution is 7.98. The molecule has 0 unspecified atom stereocenters. The second kappa shape index (κ2) is 6.11. The summed E-state index contributed by atoms with van der Waals surface area (Å²) in [6, 6.07) is 17.6. The first kappa shape index (κ1) is 13.2. The van der Waals surface area contributed by atoms with Gasteiger partial charge in [-0.2, -0.15) is 0 Å². The predicted octanol–water partition coefficient (Wildman–Crippen LogP) is 4.68. The van der Waals surface area contributed by atoms with E-state index in [-0.39, 0.29) is 0 Å². The van der Waals surface area contributed by atoms with Crippen LogP contribution in [0.2, 0.25) is 5.02 Å². The van der Waals surface area contributed by atoms with Crippen molar-refractivity contribution in [1.29, 1.82) is 0 Å². The number of nitrogens with zero attached hydrogens (tertiary/aromatic N) is 2. The van der Waals surface area contributed by atoms with Gasteiger partial charge in [0.2, 0.25) is 5.89 Å². The summed E-state index contributed by atoms with van der Waals surface area (Å²) >= 11 is 7.62. The van der Waals surface area contributed by atoms with Crippen LogP contribution < -0.4 is 0 Å². The summed E-state index contributed by atoms with van der Waals surface area (Å²) in [7, 11) is 0. The second-order valence-electron chi connectivity index (χ2n) is 4.13. The van der Waals surface area contributed by atoms with Crippen molar-refractivity contribution in [3.05, 3.63) is 65.2 Å². The van der Waals surface area contributed by atoms with E-state index in [9.17, 15) is 0 Å². The van der Waals surface area contributed by atoms with Crippen LogP contribution in [0.1, 0.15) is 5.56 Å². The maximum atomic E-state index is 6.11. The van der Waals surface area contributed by atoms with Crippen LogP contribution in [0.4, 0.5) is 0 Å². The lowest BCUT2D eigenvalue weighted by Crippen LogP contribution is -1.79. The summed E-state index contributed by atoms with van der Waals surface area (Å²) in [4.78, 5) is 0. The molecule has 20 heavy (non-hydrogen) atoms. The third-order valence-corrected chi connectivity index (χ3v) is 3.94. The fourth-order valence-electron chi connectivity index (χ4n) is 1.73. The van der Waals surface area contributed by atoms with Crippen molar-refractivity contribution in [2.24, 2.45) is 0 Å². The van der Waals surface area contributed by atoms with Crippen molar-refractivity contribution in [1.82, 2.24) is 10.2 Å². The summed E-state index contributed by atoms with van der Waals surface area (Å²) in [6.07, 6.45) is 0. The second-order valence-corrected chi connectivity index (χ2v) is 5.46. The average molecular weight is 303 g/mol. The van der Waals surface area contributed by atoms with E-state index in [0.29, 0.717) is 16.1 Å². The Hall–Kier alpha value is -1.78. The molecule has 3 rings (SSSR count). The Labute approximate surface area is 126 Å². The molecule has 1 aromatic heterocycles. The SMILES string of the molecule is Clc1ccccc1-c1nnc(SCc2ccccc2)o1. The smallest absolute Gasteiger partial charge is 0.277 e. The first-order chi connectivity index (χ1) is 9.83. The van der Waals surface area contributed by atoms with Crippen LogP contribution in [0.5, 0.6) is 0 Å². The van der Waals surface area contributed by atoms with Gasteiger partial charge in [-0.05, 0) is 17.7 Å². The van der Waals surface area contributed by atoms with Gasteiger partial charge in [0.05, 0.1) is 10.6 Å². The fraction of sp³-hybridized carbons (Fsp3) is 0.0667. The maximum absolute atomic E-state index is 6.11. The molecule has 0 aliphatic carbocycles. The van der Waals surface area contributed by atoms with Crippen LogP contribution in [0.3, 0.4) is 0 Å². The minimum atomic E-state index is 0.450. The Bertz CT molecular complexity index is 700. The summed E-state index contributed by atoms with van der Waals surface area (Å²) < 4.78 is 5.63. The molecule has 0 bridgehead atoms. The van der Waals surface area contributed by atoms with E-state index in [4.69, 9.17) is 16.0 Å². The summed E-state index contributed by atoms with van der Waals surface area (Å²) in [5.41, 5.74) is 1.98. The lowest BCUT2D eigenvalue weighted by atomic mass is 10.2. The molecule has 2 aromatic carbocycles. The minimum absolute atomic E-state index is 0.450. The summed E-state index contributed by atoms with van der Waals surface area (Å²) in [6.45, 7) is 0. The Morgan fingerprint density at radius 1 is 0.950 bits per heavy atom. The molecule has 0 atom stereocenters. The average Bonchev–Trinajstić information content (AvgIpc) is 2.95. The van der Waals surface area contributed by atoms with Crippen molar-refractivity contribution in [3.63, 3.8) is 0 Å². The van der Waals surface area contributed by atoms with Gasteiger partial charge in [0, 0.05) is 5.75 Å². The van der Waals surface area contributed by atoms with Gasteiger partial charge in [-0.25, -0.2) is 0 Å². The van der Waals surface area contributed by atoms with Crippen molar-refractivity contribution < 1.29 is 4.42 Å². The molecule has 3 aromatic rings. The molecule has 0 saturated heterocycles. The zero-order chi connectivity index (χ0) is 13.8. The molecular formula is C15H11ClN2OS. The highest BCUT2D eigenvalue weighted by atomic mass is 35.5. The summed E-state index contributed by atoms with van der Waals surface area (Å²) in [5.74, 6) is 1.25. The van der Waals surface area contributed by atoms with Gasteiger partial charge in [0.25, 0.3) is 5.22 Å². The molecule has 0 fully saturated rings. The number of rotatable bonds is 4. The molecule has 1 heterocycles. The van der Waals surface area contributed by atoms with Crippen LogP contribution in [-0.4, -0.2) is 10.2 Å². The molecule has 0 spiro atoms. The van der Waals surface area contributed by atoms with Crippen LogP contribution in [-0.2, 0) is 5.75 Å². The van der Waals surface area contributed by atoms with Crippen molar-refractivity contribution in [2.45, 2.75) is 11.0 Å². The fourth-order valence-corrected chi connectivity index (χ4v) is 2.67. The molecule has 100 valence electrons. The van der Waals surface area contributed by atoms with Crippen LogP contribution in [0, 0.1) is 0 Å². The lowest BCUT2D eigenvalue weighted by Gasteiger charge is -1.98. The highest BCUT2D eigenvalue weighted by Gasteiger charge is 2.11. The Kier molecular flexibility index (Phi) is 4.04. The molecule has 0 amide bonds. The van der Waals surface area contributed by atoms with E-state index < -0.39 is 0 Å². The minimum Gasteiger partial charge on any atom is -0.411 e. The van der Waals surface area contributed by atoms with Gasteiger partial charge in [-0.15, -0.1) is 10.2 Å². The quantitative estimate of drug-likeness (QED) is 0.656. The first-order valence-electron chi connectivity index (χ1n) is 6.08. The molecule has 3 nitrogen and oxygen atoms in total. The first-order valence-corrected chi connectivity index (χ1v) is 7.44. The number of benzene rings is 2. The number of aromatic nitrogens is 2. The third kappa shape index (κ3) is 3.03. The molecule has 0 aliphatic heterocycles. The van der Waals surface area contributed by atoms with E-state index in [1.807, 2.05) is 36.4 Å². The van der Waals surface area contributed by atoms with E-state index >= 15 is 0 Å². The topological polar surface area (TPSA) is 38.9 Å². The van der Waals surface area contributed by atoms with Crippen LogP contribution >= 0.6 is 23.4 Å². The third-order valence-electron chi connectivity index (χ3n) is 2.72. The van der Waals surface area contributed by atoms with Gasteiger partial charge in [0.1, 0.15) is 0 Å². The Balaban J connectivity index is 1.73. The number of hydrogen-bond acceptors (Lipinski definition) is 4. The van der Waals surface area contributed by atoms with E-state index in [2.05, 4.69) is 22.3 Å². The standard InChI is InChI=1S/C15H11ClN2OS/c16-13-9-5-4-8-12(13)14-17-18-15(19-14)20-10-11-6-2-1-3-7-11/h1-9H,10H2. The van der Waals surface area contributed by atoms with E-state index in [1.165, 1.54) is 17.3 Å². The van der Waals surface area contributed by atoms with E-state index in [0.717, 1.165) is 11.3 Å².